The summed E-state index contributed by atoms with van der Waals surface area (Å²) in [5, 5.41) is 2.64. The van der Waals surface area contributed by atoms with Crippen LogP contribution in [0.3, 0.4) is 0 Å². The molecular formula is C15H14FN3O2. The number of rotatable bonds is 2. The Balaban J connectivity index is 1.81. The first-order valence-corrected chi connectivity index (χ1v) is 6.55. The van der Waals surface area contributed by atoms with Crippen LogP contribution in [0.5, 0.6) is 0 Å². The third kappa shape index (κ3) is 2.40. The molecule has 0 spiro atoms. The Labute approximate surface area is 121 Å². The topological polar surface area (TPSA) is 54.3 Å². The molecule has 0 saturated heterocycles. The van der Waals surface area contributed by atoms with E-state index in [-0.39, 0.29) is 11.8 Å². The molecule has 0 saturated carbocycles. The van der Waals surface area contributed by atoms with E-state index >= 15 is 0 Å². The molecule has 108 valence electrons. The maximum Gasteiger partial charge on any atom is 0.270 e. The van der Waals surface area contributed by atoms with Crippen molar-refractivity contribution >= 4 is 17.5 Å². The lowest BCUT2D eigenvalue weighted by atomic mass is 10.1. The van der Waals surface area contributed by atoms with Gasteiger partial charge >= 0.3 is 0 Å². The van der Waals surface area contributed by atoms with Crippen molar-refractivity contribution in [1.82, 2.24) is 9.47 Å². The van der Waals surface area contributed by atoms with Gasteiger partial charge < -0.3 is 14.8 Å². The Morgan fingerprint density at radius 2 is 2.14 bits per heavy atom. The van der Waals surface area contributed by atoms with E-state index in [9.17, 15) is 14.0 Å². The molecule has 1 aromatic heterocycles. The number of likely N-dealkylation sites (N-methyl/N-ethyl adjacent to an activating group) is 1. The number of halogens is 1. The number of carbonyl (C=O) groups excluding carboxylic acids is 2. The van der Waals surface area contributed by atoms with Crippen molar-refractivity contribution in [3.8, 4) is 0 Å². The third-order valence-corrected chi connectivity index (χ3v) is 3.60. The Bertz CT molecular complexity index is 710. The standard InChI is InChI=1S/C15H14FN3O2/c1-18-13(9-19-7-3-6-12(19)15(18)21)14(20)17-11-5-2-4-10(16)8-11/h2-8,13H,9H2,1H3,(H,17,20). The van der Waals surface area contributed by atoms with Gasteiger partial charge in [0, 0.05) is 18.9 Å². The van der Waals surface area contributed by atoms with E-state index in [1.165, 1.54) is 23.1 Å². The number of nitrogens with zero attached hydrogens (tertiary/aromatic N) is 2. The summed E-state index contributed by atoms with van der Waals surface area (Å²) in [6.07, 6.45) is 1.77. The molecule has 21 heavy (non-hydrogen) atoms. The predicted molar refractivity (Wildman–Crippen MR) is 75.3 cm³/mol. The minimum atomic E-state index is -0.624. The number of aromatic nitrogens is 1. The quantitative estimate of drug-likeness (QED) is 0.914. The molecule has 1 aliphatic heterocycles. The molecule has 0 bridgehead atoms. The summed E-state index contributed by atoms with van der Waals surface area (Å²) in [5.74, 6) is -0.963. The molecule has 2 heterocycles. The molecule has 1 atom stereocenters. The SMILES string of the molecule is CN1C(=O)c2cccn2CC1C(=O)Nc1cccc(F)c1. The van der Waals surface area contributed by atoms with Crippen LogP contribution in [0, 0.1) is 5.82 Å². The number of anilines is 1. The van der Waals surface area contributed by atoms with Crippen LogP contribution >= 0.6 is 0 Å². The average Bonchev–Trinajstić information content (AvgIpc) is 2.91. The highest BCUT2D eigenvalue weighted by Gasteiger charge is 2.34. The Hall–Kier alpha value is -2.63. The van der Waals surface area contributed by atoms with Gasteiger partial charge in [0.05, 0.1) is 6.54 Å². The first kappa shape index (κ1) is 13.4. The van der Waals surface area contributed by atoms with Crippen LogP contribution in [-0.2, 0) is 11.3 Å². The van der Waals surface area contributed by atoms with Gasteiger partial charge in [-0.05, 0) is 30.3 Å². The van der Waals surface area contributed by atoms with Gasteiger partial charge in [-0.15, -0.1) is 0 Å². The maximum atomic E-state index is 13.1. The summed E-state index contributed by atoms with van der Waals surface area (Å²) in [4.78, 5) is 25.9. The van der Waals surface area contributed by atoms with E-state index < -0.39 is 11.9 Å². The van der Waals surface area contributed by atoms with Crippen molar-refractivity contribution in [2.24, 2.45) is 0 Å². The lowest BCUT2D eigenvalue weighted by Crippen LogP contribution is -2.51. The number of amides is 2. The minimum Gasteiger partial charge on any atom is -0.341 e. The monoisotopic (exact) mass is 287 g/mol. The second kappa shape index (κ2) is 5.05. The molecule has 1 unspecified atom stereocenters. The number of fused-ring (bicyclic) bond motifs is 1. The molecule has 3 rings (SSSR count). The predicted octanol–water partition coefficient (Wildman–Crippen LogP) is 1.72. The second-order valence-electron chi connectivity index (χ2n) is 4.98. The number of hydrogen-bond donors (Lipinski definition) is 1. The number of benzene rings is 1. The molecule has 2 amide bonds. The van der Waals surface area contributed by atoms with Gasteiger partial charge in [0.1, 0.15) is 17.6 Å². The molecule has 0 radical (unpaired) electrons. The minimum absolute atomic E-state index is 0.203. The fourth-order valence-electron chi connectivity index (χ4n) is 2.45. The zero-order chi connectivity index (χ0) is 15.0. The van der Waals surface area contributed by atoms with Crippen molar-refractivity contribution < 1.29 is 14.0 Å². The van der Waals surface area contributed by atoms with Crippen LogP contribution < -0.4 is 5.32 Å². The Kier molecular flexibility index (Phi) is 3.21. The fraction of sp³-hybridized carbons (Fsp3) is 0.200. The zero-order valence-corrected chi connectivity index (χ0v) is 11.4. The first-order valence-electron chi connectivity index (χ1n) is 6.55. The van der Waals surface area contributed by atoms with Crippen LogP contribution in [-0.4, -0.2) is 34.4 Å². The summed E-state index contributed by atoms with van der Waals surface area (Å²) >= 11 is 0. The van der Waals surface area contributed by atoms with Crippen molar-refractivity contribution in [1.29, 1.82) is 0 Å². The van der Waals surface area contributed by atoms with E-state index in [0.717, 1.165) is 0 Å². The van der Waals surface area contributed by atoms with Crippen LogP contribution in [0.4, 0.5) is 10.1 Å². The van der Waals surface area contributed by atoms with E-state index in [4.69, 9.17) is 0 Å². The van der Waals surface area contributed by atoms with Crippen LogP contribution in [0.25, 0.3) is 0 Å². The largest absolute Gasteiger partial charge is 0.341 e. The molecule has 1 N–H and O–H groups in total. The number of carbonyl (C=O) groups is 2. The second-order valence-corrected chi connectivity index (χ2v) is 4.98. The molecule has 2 aromatic rings. The third-order valence-electron chi connectivity index (χ3n) is 3.60. The van der Waals surface area contributed by atoms with E-state index in [2.05, 4.69) is 5.32 Å². The van der Waals surface area contributed by atoms with Crippen molar-refractivity contribution in [3.63, 3.8) is 0 Å². The summed E-state index contributed by atoms with van der Waals surface area (Å²) in [5.41, 5.74) is 0.937. The average molecular weight is 287 g/mol. The van der Waals surface area contributed by atoms with Gasteiger partial charge in [0.15, 0.2) is 0 Å². The van der Waals surface area contributed by atoms with Crippen LogP contribution in [0.15, 0.2) is 42.6 Å². The van der Waals surface area contributed by atoms with Gasteiger partial charge in [-0.3, -0.25) is 9.59 Å². The van der Waals surface area contributed by atoms with Gasteiger partial charge in [-0.25, -0.2) is 4.39 Å². The van der Waals surface area contributed by atoms with Crippen molar-refractivity contribution in [2.45, 2.75) is 12.6 Å². The van der Waals surface area contributed by atoms with Gasteiger partial charge in [0.2, 0.25) is 5.91 Å². The van der Waals surface area contributed by atoms with E-state index in [1.54, 1.807) is 36.0 Å². The van der Waals surface area contributed by atoms with E-state index in [1.807, 2.05) is 0 Å². The molecular weight excluding hydrogens is 273 g/mol. The Morgan fingerprint density at radius 1 is 1.33 bits per heavy atom. The summed E-state index contributed by atoms with van der Waals surface area (Å²) in [6, 6.07) is 8.53. The normalized spacial score (nSPS) is 17.5. The highest BCUT2D eigenvalue weighted by Crippen LogP contribution is 2.18. The molecule has 6 heteroatoms. The van der Waals surface area contributed by atoms with Crippen LogP contribution in [0.2, 0.25) is 0 Å². The zero-order valence-electron chi connectivity index (χ0n) is 11.4. The number of hydrogen-bond acceptors (Lipinski definition) is 2. The molecule has 0 fully saturated rings. The highest BCUT2D eigenvalue weighted by atomic mass is 19.1. The summed E-state index contributed by atoms with van der Waals surface area (Å²) in [7, 11) is 1.59. The van der Waals surface area contributed by atoms with Crippen molar-refractivity contribution in [2.75, 3.05) is 12.4 Å². The Morgan fingerprint density at radius 3 is 2.90 bits per heavy atom. The maximum absolute atomic E-state index is 13.1. The summed E-state index contributed by atoms with van der Waals surface area (Å²) < 4.78 is 14.9. The molecule has 0 aliphatic carbocycles. The molecule has 1 aromatic carbocycles. The molecule has 5 nitrogen and oxygen atoms in total. The fourth-order valence-corrected chi connectivity index (χ4v) is 2.45. The van der Waals surface area contributed by atoms with Gasteiger partial charge in [-0.1, -0.05) is 6.07 Å². The highest BCUT2D eigenvalue weighted by molar-refractivity contribution is 6.01. The lowest BCUT2D eigenvalue weighted by molar-refractivity contribution is -0.120. The lowest BCUT2D eigenvalue weighted by Gasteiger charge is -2.32. The molecule has 1 aliphatic rings. The van der Waals surface area contributed by atoms with Crippen molar-refractivity contribution in [3.05, 3.63) is 54.1 Å². The smallest absolute Gasteiger partial charge is 0.270 e. The first-order chi connectivity index (χ1) is 10.1. The van der Waals surface area contributed by atoms with E-state index in [0.29, 0.717) is 17.9 Å². The summed E-state index contributed by atoms with van der Waals surface area (Å²) in [6.45, 7) is 0.381. The van der Waals surface area contributed by atoms with Gasteiger partial charge in [0.25, 0.3) is 5.91 Å². The van der Waals surface area contributed by atoms with Gasteiger partial charge in [-0.2, -0.15) is 0 Å². The number of nitrogens with one attached hydrogen (secondary N) is 1. The van der Waals surface area contributed by atoms with Crippen LogP contribution in [0.1, 0.15) is 10.5 Å².